The minimum Gasteiger partial charge on any atom is -0.361 e. The van der Waals surface area contributed by atoms with E-state index in [1.165, 1.54) is 12.1 Å². The number of rotatable bonds is 5. The lowest BCUT2D eigenvalue weighted by Gasteiger charge is -2.16. The minimum absolute atomic E-state index is 0.0250. The van der Waals surface area contributed by atoms with E-state index in [0.29, 0.717) is 19.0 Å². The number of nitrogens with zero attached hydrogens (tertiary/aromatic N) is 1. The van der Waals surface area contributed by atoms with Crippen molar-refractivity contribution < 1.29 is 22.8 Å². The monoisotopic (exact) mass is 401 g/mol. The Balaban J connectivity index is 1.38. The molecule has 1 fully saturated rings. The number of nitrogens with one attached hydrogen (secondary N) is 2. The van der Waals surface area contributed by atoms with Gasteiger partial charge in [0.2, 0.25) is 11.8 Å². The zero-order valence-corrected chi connectivity index (χ0v) is 15.3. The lowest BCUT2D eigenvalue weighted by Crippen LogP contribution is -2.30. The van der Waals surface area contributed by atoms with Crippen LogP contribution in [-0.4, -0.2) is 34.8 Å². The van der Waals surface area contributed by atoms with Crippen LogP contribution in [0, 0.1) is 23.4 Å². The second-order valence-corrected chi connectivity index (χ2v) is 7.11. The molecule has 2 heterocycles. The first-order chi connectivity index (χ1) is 13.9. The summed E-state index contributed by atoms with van der Waals surface area (Å²) < 4.78 is 40.2. The molecule has 0 aliphatic carbocycles. The smallest absolute Gasteiger partial charge is 0.229 e. The van der Waals surface area contributed by atoms with Gasteiger partial charge in [-0.15, -0.1) is 0 Å². The molecule has 1 atom stereocenters. The van der Waals surface area contributed by atoms with Crippen molar-refractivity contribution >= 4 is 28.4 Å². The van der Waals surface area contributed by atoms with Gasteiger partial charge in [-0.3, -0.25) is 9.59 Å². The molecule has 0 bridgehead atoms. The summed E-state index contributed by atoms with van der Waals surface area (Å²) in [5.41, 5.74) is 1.57. The highest BCUT2D eigenvalue weighted by Crippen LogP contribution is 2.24. The normalized spacial score (nSPS) is 16.6. The molecule has 1 aliphatic heterocycles. The van der Waals surface area contributed by atoms with Crippen molar-refractivity contribution in [1.82, 2.24) is 9.88 Å². The summed E-state index contributed by atoms with van der Waals surface area (Å²) in [6.45, 7) is 0.598. The standard InChI is InChI=1S/C21H18F3N3O2/c22-14-1-3-18-16(8-14)12(10-25-18)5-6-27-11-13(7-20(27)28)21(29)26-19-4-2-15(23)9-17(19)24/h1-4,8-10,13,25H,5-7,11H2,(H,26,29)/t13-/m0/s1. The van der Waals surface area contributed by atoms with E-state index in [4.69, 9.17) is 0 Å². The Kier molecular flexibility index (Phi) is 5.00. The van der Waals surface area contributed by atoms with Gasteiger partial charge in [0.1, 0.15) is 17.5 Å². The lowest BCUT2D eigenvalue weighted by atomic mass is 10.1. The number of hydrogen-bond acceptors (Lipinski definition) is 2. The number of fused-ring (bicyclic) bond motifs is 1. The Morgan fingerprint density at radius 3 is 2.69 bits per heavy atom. The number of anilines is 1. The van der Waals surface area contributed by atoms with Crippen LogP contribution in [0.4, 0.5) is 18.9 Å². The average molecular weight is 401 g/mol. The number of amides is 2. The fourth-order valence-electron chi connectivity index (χ4n) is 3.60. The van der Waals surface area contributed by atoms with Crippen molar-refractivity contribution in [3.05, 3.63) is 65.6 Å². The number of halogens is 3. The first-order valence-electron chi connectivity index (χ1n) is 9.20. The molecule has 2 aromatic carbocycles. The Bertz CT molecular complexity index is 1100. The molecule has 5 nitrogen and oxygen atoms in total. The van der Waals surface area contributed by atoms with E-state index in [2.05, 4.69) is 10.3 Å². The zero-order valence-electron chi connectivity index (χ0n) is 15.3. The van der Waals surface area contributed by atoms with Crippen LogP contribution in [0.25, 0.3) is 10.9 Å². The Hall–Kier alpha value is -3.29. The fourth-order valence-corrected chi connectivity index (χ4v) is 3.60. The molecule has 3 aromatic rings. The lowest BCUT2D eigenvalue weighted by molar-refractivity contribution is -0.128. The van der Waals surface area contributed by atoms with E-state index in [1.807, 2.05) is 0 Å². The summed E-state index contributed by atoms with van der Waals surface area (Å²) in [5.74, 6) is -3.21. The number of likely N-dealkylation sites (tertiary alicyclic amines) is 1. The molecule has 2 N–H and O–H groups in total. The molecule has 2 amide bonds. The summed E-state index contributed by atoms with van der Waals surface area (Å²) in [6.07, 6.45) is 2.32. The van der Waals surface area contributed by atoms with Gasteiger partial charge in [-0.25, -0.2) is 13.2 Å². The summed E-state index contributed by atoms with van der Waals surface area (Å²) in [7, 11) is 0. The van der Waals surface area contributed by atoms with Crippen molar-refractivity contribution in [3.8, 4) is 0 Å². The van der Waals surface area contributed by atoms with Crippen LogP contribution in [0.1, 0.15) is 12.0 Å². The van der Waals surface area contributed by atoms with Crippen LogP contribution in [0.5, 0.6) is 0 Å². The molecular weight excluding hydrogens is 383 g/mol. The third kappa shape index (κ3) is 3.96. The van der Waals surface area contributed by atoms with Crippen LogP contribution < -0.4 is 5.32 Å². The number of aromatic nitrogens is 1. The highest BCUT2D eigenvalue weighted by Gasteiger charge is 2.34. The van der Waals surface area contributed by atoms with Gasteiger partial charge >= 0.3 is 0 Å². The van der Waals surface area contributed by atoms with Gasteiger partial charge in [0.25, 0.3) is 0 Å². The maximum absolute atomic E-state index is 13.7. The predicted molar refractivity (Wildman–Crippen MR) is 102 cm³/mol. The summed E-state index contributed by atoms with van der Waals surface area (Å²) in [6, 6.07) is 7.36. The molecule has 8 heteroatoms. The first-order valence-corrected chi connectivity index (χ1v) is 9.20. The van der Waals surface area contributed by atoms with E-state index >= 15 is 0 Å². The molecule has 29 heavy (non-hydrogen) atoms. The van der Waals surface area contributed by atoms with E-state index in [-0.39, 0.29) is 30.4 Å². The Labute approximate surface area is 164 Å². The zero-order chi connectivity index (χ0) is 20.5. The topological polar surface area (TPSA) is 65.2 Å². The highest BCUT2D eigenvalue weighted by atomic mass is 19.1. The average Bonchev–Trinajstić information content (AvgIpc) is 3.25. The van der Waals surface area contributed by atoms with Crippen LogP contribution >= 0.6 is 0 Å². The van der Waals surface area contributed by atoms with E-state index < -0.39 is 23.5 Å². The fraction of sp³-hybridized carbons (Fsp3) is 0.238. The molecule has 150 valence electrons. The summed E-state index contributed by atoms with van der Waals surface area (Å²) in [4.78, 5) is 29.3. The minimum atomic E-state index is -0.869. The second-order valence-electron chi connectivity index (χ2n) is 7.11. The molecule has 1 aromatic heterocycles. The number of aromatic amines is 1. The summed E-state index contributed by atoms with van der Waals surface area (Å²) >= 11 is 0. The van der Waals surface area contributed by atoms with Gasteiger partial charge in [-0.1, -0.05) is 0 Å². The first kappa shape index (κ1) is 19.0. The van der Waals surface area contributed by atoms with Gasteiger partial charge in [0.15, 0.2) is 0 Å². The highest BCUT2D eigenvalue weighted by molar-refractivity contribution is 5.97. The van der Waals surface area contributed by atoms with Crippen molar-refractivity contribution in [2.45, 2.75) is 12.8 Å². The molecule has 0 radical (unpaired) electrons. The predicted octanol–water partition coefficient (Wildman–Crippen LogP) is 3.61. The maximum Gasteiger partial charge on any atom is 0.229 e. The molecule has 0 unspecified atom stereocenters. The maximum atomic E-state index is 13.7. The number of carbonyl (C=O) groups is 2. The SMILES string of the molecule is O=C(Nc1ccc(F)cc1F)[C@H]1CC(=O)N(CCc2c[nH]c3ccc(F)cc23)C1. The van der Waals surface area contributed by atoms with Gasteiger partial charge in [-0.2, -0.15) is 0 Å². The largest absolute Gasteiger partial charge is 0.361 e. The number of carbonyl (C=O) groups excluding carboxylic acids is 2. The third-order valence-corrected chi connectivity index (χ3v) is 5.15. The van der Waals surface area contributed by atoms with Crippen molar-refractivity contribution in [3.63, 3.8) is 0 Å². The van der Waals surface area contributed by atoms with Crippen molar-refractivity contribution in [1.29, 1.82) is 0 Å². The Morgan fingerprint density at radius 1 is 1.14 bits per heavy atom. The second kappa shape index (κ2) is 7.62. The van der Waals surface area contributed by atoms with Gasteiger partial charge < -0.3 is 15.2 Å². The van der Waals surface area contributed by atoms with Crippen LogP contribution in [0.2, 0.25) is 0 Å². The van der Waals surface area contributed by atoms with Crippen LogP contribution in [-0.2, 0) is 16.0 Å². The van der Waals surface area contributed by atoms with E-state index in [9.17, 15) is 22.8 Å². The molecule has 1 saturated heterocycles. The molecule has 4 rings (SSSR count). The molecular formula is C21H18F3N3O2. The quantitative estimate of drug-likeness (QED) is 0.686. The van der Waals surface area contributed by atoms with Crippen molar-refractivity contribution in [2.24, 2.45) is 5.92 Å². The van der Waals surface area contributed by atoms with Gasteiger partial charge in [-0.05, 0) is 42.3 Å². The van der Waals surface area contributed by atoms with Crippen LogP contribution in [0.3, 0.4) is 0 Å². The van der Waals surface area contributed by atoms with Gasteiger partial charge in [0, 0.05) is 42.7 Å². The number of hydrogen-bond donors (Lipinski definition) is 2. The Morgan fingerprint density at radius 2 is 1.90 bits per heavy atom. The number of benzene rings is 2. The molecule has 1 aliphatic rings. The van der Waals surface area contributed by atoms with Crippen LogP contribution in [0.15, 0.2) is 42.6 Å². The van der Waals surface area contributed by atoms with E-state index in [1.54, 1.807) is 17.2 Å². The summed E-state index contributed by atoms with van der Waals surface area (Å²) in [5, 5.41) is 3.18. The molecule has 0 spiro atoms. The third-order valence-electron chi connectivity index (χ3n) is 5.15. The van der Waals surface area contributed by atoms with E-state index in [0.717, 1.165) is 28.6 Å². The van der Waals surface area contributed by atoms with Gasteiger partial charge in [0.05, 0.1) is 11.6 Å². The van der Waals surface area contributed by atoms with Crippen molar-refractivity contribution in [2.75, 3.05) is 18.4 Å². The number of H-pyrrole nitrogens is 1. The molecule has 0 saturated carbocycles.